The predicted molar refractivity (Wildman–Crippen MR) is 173 cm³/mol. The van der Waals surface area contributed by atoms with E-state index in [2.05, 4.69) is 35.4 Å². The Bertz CT molecular complexity index is 1720. The molecule has 4 heterocycles. The molecule has 0 bridgehead atoms. The molecule has 6 rings (SSSR count). The highest BCUT2D eigenvalue weighted by Crippen LogP contribution is 2.37. The van der Waals surface area contributed by atoms with Crippen LogP contribution in [0.4, 0.5) is 14.6 Å². The second-order valence-electron chi connectivity index (χ2n) is 11.7. The van der Waals surface area contributed by atoms with Crippen molar-refractivity contribution in [2.24, 2.45) is 5.92 Å². The molecule has 2 fully saturated rings. The molecule has 11 heteroatoms. The fourth-order valence-corrected chi connectivity index (χ4v) is 6.78. The van der Waals surface area contributed by atoms with Crippen LogP contribution in [0.1, 0.15) is 26.2 Å². The highest BCUT2D eigenvalue weighted by molar-refractivity contribution is 6.36. The molecule has 0 N–H and O–H groups in total. The van der Waals surface area contributed by atoms with Crippen molar-refractivity contribution in [1.29, 1.82) is 0 Å². The first-order chi connectivity index (χ1) is 21.2. The van der Waals surface area contributed by atoms with Gasteiger partial charge in [-0.15, -0.1) is 0 Å². The number of piperazine rings is 1. The molecule has 2 saturated heterocycles. The first-order valence-electron chi connectivity index (χ1n) is 15.0. The number of rotatable bonds is 8. The van der Waals surface area contributed by atoms with Gasteiger partial charge in [-0.25, -0.2) is 8.78 Å². The fourth-order valence-electron chi connectivity index (χ4n) is 6.49. The van der Waals surface area contributed by atoms with Gasteiger partial charge in [-0.1, -0.05) is 55.4 Å². The quantitative estimate of drug-likeness (QED) is 0.160. The number of likely N-dealkylation sites (tertiary alicyclic amines) is 1. The second kappa shape index (κ2) is 12.6. The Labute approximate surface area is 260 Å². The summed E-state index contributed by atoms with van der Waals surface area (Å²) in [4.78, 5) is 19.7. The van der Waals surface area contributed by atoms with E-state index in [1.807, 2.05) is 29.2 Å². The molecule has 0 radical (unpaired) electrons. The van der Waals surface area contributed by atoms with Crippen molar-refractivity contribution < 1.29 is 13.5 Å². The van der Waals surface area contributed by atoms with Crippen molar-refractivity contribution in [3.63, 3.8) is 0 Å². The largest absolute Gasteiger partial charge is 0.463 e. The maximum atomic E-state index is 16.5. The van der Waals surface area contributed by atoms with Gasteiger partial charge in [0, 0.05) is 41.3 Å². The van der Waals surface area contributed by atoms with Gasteiger partial charge in [0.05, 0.1) is 12.0 Å². The lowest BCUT2D eigenvalue weighted by molar-refractivity contribution is 0.194. The number of anilines is 1. The van der Waals surface area contributed by atoms with Crippen LogP contribution in [0.3, 0.4) is 0 Å². The van der Waals surface area contributed by atoms with Crippen molar-refractivity contribution in [2.45, 2.75) is 32.2 Å². The van der Waals surface area contributed by atoms with E-state index in [4.69, 9.17) is 21.3 Å². The van der Waals surface area contributed by atoms with Crippen molar-refractivity contribution in [3.8, 4) is 17.3 Å². The summed E-state index contributed by atoms with van der Waals surface area (Å²) in [5.74, 6) is -1.06. The number of ether oxygens (including phenoxy) is 1. The number of nitrogens with zero attached hydrogens (tertiary/aromatic N) is 7. The van der Waals surface area contributed by atoms with Crippen LogP contribution in [-0.4, -0.2) is 83.0 Å². The van der Waals surface area contributed by atoms with E-state index in [9.17, 15) is 9.80 Å². The van der Waals surface area contributed by atoms with E-state index in [1.165, 1.54) is 17.7 Å². The SMILES string of the molecule is C=C(F)C(=[N-])N1CCN(c2nc(OCC[C@@H](C)C3CCCN3C)nc3c(F)c(-c4cccc5cccc(Cl)c45)ncc23)CC1. The Morgan fingerprint density at radius 3 is 2.59 bits per heavy atom. The number of aromatic nitrogens is 3. The third-order valence-electron chi connectivity index (χ3n) is 8.91. The number of pyridine rings is 1. The molecule has 1 unspecified atom stereocenters. The standard InChI is InChI=1S/C33H35ClF2N7O/c1-20(26-11-6-13-41(26)3)12-18-44-33-39-30-24(32(40-33)43-16-14-42(15-17-43)31(37)21(2)35)19-38-29(28(30)36)23-9-4-7-22-8-5-10-25(34)27(22)23/h4-5,7-10,19-20,26H,2,6,11-18H2,1,3H3/q-1/t20-,26?/m1/s1. The molecule has 2 aromatic carbocycles. The Hall–Kier alpha value is -3.89. The van der Waals surface area contributed by atoms with E-state index in [0.717, 1.165) is 18.4 Å². The minimum Gasteiger partial charge on any atom is -0.463 e. The molecule has 2 atom stereocenters. The van der Waals surface area contributed by atoms with Gasteiger partial charge >= 0.3 is 6.01 Å². The average molecular weight is 619 g/mol. The molecular formula is C33H35ClF2N7O-. The minimum absolute atomic E-state index is 0.0838. The zero-order valence-electron chi connectivity index (χ0n) is 24.9. The van der Waals surface area contributed by atoms with Gasteiger partial charge in [0.2, 0.25) is 0 Å². The van der Waals surface area contributed by atoms with E-state index in [1.54, 1.807) is 18.3 Å². The molecule has 230 valence electrons. The minimum atomic E-state index is -0.882. The molecule has 0 saturated carbocycles. The van der Waals surface area contributed by atoms with Gasteiger partial charge < -0.3 is 24.8 Å². The van der Waals surface area contributed by atoms with Gasteiger partial charge in [-0.05, 0) is 69.2 Å². The third kappa shape index (κ3) is 5.80. The highest BCUT2D eigenvalue weighted by Gasteiger charge is 2.27. The number of amidine groups is 1. The smallest absolute Gasteiger partial charge is 0.319 e. The summed E-state index contributed by atoms with van der Waals surface area (Å²) in [6.07, 6.45) is 4.76. The summed E-state index contributed by atoms with van der Waals surface area (Å²) in [6.45, 7) is 8.36. The maximum absolute atomic E-state index is 16.5. The number of fused-ring (bicyclic) bond motifs is 2. The van der Waals surface area contributed by atoms with E-state index >= 15 is 4.39 Å². The van der Waals surface area contributed by atoms with Crippen LogP contribution in [0.5, 0.6) is 6.01 Å². The summed E-state index contributed by atoms with van der Waals surface area (Å²) in [5.41, 5.74) is 0.794. The summed E-state index contributed by atoms with van der Waals surface area (Å²) in [5, 5.41) is 12.6. The number of hydrogen-bond donors (Lipinski definition) is 0. The van der Waals surface area contributed by atoms with Crippen LogP contribution in [0.15, 0.2) is 55.0 Å². The summed E-state index contributed by atoms with van der Waals surface area (Å²) in [6, 6.07) is 11.7. The van der Waals surface area contributed by atoms with Crippen LogP contribution in [0.25, 0.3) is 38.3 Å². The monoisotopic (exact) mass is 618 g/mol. The summed E-state index contributed by atoms with van der Waals surface area (Å²) >= 11 is 6.57. The molecule has 2 aliphatic rings. The third-order valence-corrected chi connectivity index (χ3v) is 9.23. The van der Waals surface area contributed by atoms with Gasteiger partial charge in [0.15, 0.2) is 5.82 Å². The van der Waals surface area contributed by atoms with Crippen LogP contribution < -0.4 is 9.64 Å². The maximum Gasteiger partial charge on any atom is 0.319 e. The topological polar surface area (TPSA) is 79.9 Å². The van der Waals surface area contributed by atoms with E-state index < -0.39 is 17.5 Å². The van der Waals surface area contributed by atoms with Crippen molar-refractivity contribution in [1.82, 2.24) is 24.8 Å². The Kier molecular flexibility index (Phi) is 8.64. The summed E-state index contributed by atoms with van der Waals surface area (Å²) in [7, 11) is 2.16. The van der Waals surface area contributed by atoms with Crippen molar-refractivity contribution in [2.75, 3.05) is 51.3 Å². The normalized spacial score (nSPS) is 18.2. The molecule has 0 spiro atoms. The second-order valence-corrected chi connectivity index (χ2v) is 12.1. The lowest BCUT2D eigenvalue weighted by atomic mass is 9.97. The lowest BCUT2D eigenvalue weighted by Gasteiger charge is -2.42. The number of hydrogen-bond acceptors (Lipinski definition) is 6. The van der Waals surface area contributed by atoms with Gasteiger partial charge in [-0.2, -0.15) is 9.97 Å². The predicted octanol–water partition coefficient (Wildman–Crippen LogP) is 6.71. The Morgan fingerprint density at radius 2 is 1.89 bits per heavy atom. The molecule has 0 amide bonds. The summed E-state index contributed by atoms with van der Waals surface area (Å²) < 4.78 is 36.2. The highest BCUT2D eigenvalue weighted by atomic mass is 35.5. The first kappa shape index (κ1) is 30.1. The molecule has 2 aromatic heterocycles. The van der Waals surface area contributed by atoms with Crippen LogP contribution in [-0.2, 0) is 0 Å². The van der Waals surface area contributed by atoms with Crippen molar-refractivity contribution in [3.05, 3.63) is 71.2 Å². The number of benzene rings is 2. The zero-order valence-corrected chi connectivity index (χ0v) is 25.7. The molecule has 8 nitrogen and oxygen atoms in total. The van der Waals surface area contributed by atoms with Gasteiger partial charge in [0.1, 0.15) is 22.9 Å². The molecule has 0 aliphatic carbocycles. The Morgan fingerprint density at radius 1 is 1.14 bits per heavy atom. The molecule has 44 heavy (non-hydrogen) atoms. The van der Waals surface area contributed by atoms with Crippen molar-refractivity contribution >= 4 is 44.9 Å². The van der Waals surface area contributed by atoms with E-state index in [0.29, 0.717) is 71.9 Å². The molecule has 2 aliphatic heterocycles. The number of halogens is 3. The van der Waals surface area contributed by atoms with Crippen LogP contribution >= 0.6 is 11.6 Å². The lowest BCUT2D eigenvalue weighted by Crippen LogP contribution is -2.48. The van der Waals surface area contributed by atoms with Gasteiger partial charge in [0.25, 0.3) is 0 Å². The van der Waals surface area contributed by atoms with Crippen LogP contribution in [0, 0.1) is 11.7 Å². The van der Waals surface area contributed by atoms with E-state index in [-0.39, 0.29) is 17.2 Å². The Balaban J connectivity index is 1.36. The zero-order chi connectivity index (χ0) is 31.0. The molecule has 4 aromatic rings. The first-order valence-corrected chi connectivity index (χ1v) is 15.4. The van der Waals surface area contributed by atoms with Crippen LogP contribution in [0.2, 0.25) is 5.02 Å². The average Bonchev–Trinajstić information content (AvgIpc) is 3.46. The molecular weight excluding hydrogens is 584 g/mol. The van der Waals surface area contributed by atoms with Gasteiger partial charge in [-0.3, -0.25) is 4.98 Å². The fraction of sp³-hybridized carbons (Fsp3) is 0.394.